The number of benzene rings is 4. The Morgan fingerprint density at radius 2 is 1.48 bits per heavy atom. The van der Waals surface area contributed by atoms with E-state index in [1.165, 1.54) is 80.2 Å². The Morgan fingerprint density at radius 1 is 0.783 bits per heavy atom. The summed E-state index contributed by atoms with van der Waals surface area (Å²) in [5.74, 6) is 2.09. The van der Waals surface area contributed by atoms with Crippen molar-refractivity contribution in [2.45, 2.75) is 103 Å². The molecule has 3 aliphatic heterocycles. The van der Waals surface area contributed by atoms with Crippen molar-refractivity contribution in [3.8, 4) is 11.5 Å². The van der Waals surface area contributed by atoms with E-state index in [9.17, 15) is 10.2 Å². The van der Waals surface area contributed by atoms with Crippen LogP contribution in [0.4, 0.5) is 5.69 Å². The van der Waals surface area contributed by atoms with E-state index in [1.54, 1.807) is 0 Å². The van der Waals surface area contributed by atoms with Gasteiger partial charge < -0.3 is 19.8 Å². The van der Waals surface area contributed by atoms with E-state index in [4.69, 9.17) is 4.74 Å². The highest BCUT2D eigenvalue weighted by Crippen LogP contribution is 2.54. The second-order valence-electron chi connectivity index (χ2n) is 15.3. The molecule has 4 aromatic rings. The number of fused-ring (bicyclic) bond motifs is 12. The number of hydrogen-bond donors (Lipinski definition) is 2. The predicted molar refractivity (Wildman–Crippen MR) is 191 cm³/mol. The summed E-state index contributed by atoms with van der Waals surface area (Å²) in [6.07, 6.45) is 9.53. The van der Waals surface area contributed by atoms with Crippen LogP contribution in [0.15, 0.2) is 48.5 Å². The summed E-state index contributed by atoms with van der Waals surface area (Å²) < 4.78 is 9.99. The molecule has 4 aromatic carbocycles. The Bertz CT molecular complexity index is 1940. The predicted octanol–water partition coefficient (Wildman–Crippen LogP) is 7.26. The normalized spacial score (nSPS) is 17.2. The molecule has 0 saturated heterocycles. The Morgan fingerprint density at radius 3 is 2.22 bits per heavy atom. The number of aliphatic hydroxyl groups is 2. The molecule has 0 atom stereocenters. The average molecular weight is 620 g/mol. The minimum Gasteiger partial charge on any atom is -0.455 e. The highest BCUT2D eigenvalue weighted by molar-refractivity contribution is 6.06. The molecule has 5 nitrogen and oxygen atoms in total. The van der Waals surface area contributed by atoms with Gasteiger partial charge in [0, 0.05) is 46.7 Å². The zero-order chi connectivity index (χ0) is 32.2. The average Bonchev–Trinajstić information content (AvgIpc) is 3.47. The lowest BCUT2D eigenvalue weighted by atomic mass is 9.81. The molecule has 0 radical (unpaired) electrons. The molecule has 7 rings (SSSR count). The molecule has 5 heteroatoms. The number of rotatable bonds is 11. The molecule has 242 valence electrons. The van der Waals surface area contributed by atoms with E-state index in [2.05, 4.69) is 98.7 Å². The topological polar surface area (TPSA) is 55.9 Å². The van der Waals surface area contributed by atoms with Gasteiger partial charge in [-0.2, -0.15) is 0 Å². The Labute approximate surface area is 273 Å². The smallest absolute Gasteiger partial charge is 0.215 e. The van der Waals surface area contributed by atoms with E-state index in [0.717, 1.165) is 56.9 Å². The third-order valence-electron chi connectivity index (χ3n) is 10.7. The molecule has 0 aliphatic carbocycles. The summed E-state index contributed by atoms with van der Waals surface area (Å²) in [6, 6.07) is 17.9. The quantitative estimate of drug-likeness (QED) is 0.0929. The lowest BCUT2D eigenvalue weighted by Crippen LogP contribution is -2.30. The standard InChI is InChI=1S/C41H51N2O3/c1-6-7-8-15-22-42-25-40(2,3)34-36(42)29-19-13-11-17-27(29)31-24-32-28-18-12-14-20-30(28)37-35(39(32)46-38(31)34)41(4,5)26-43(37)23-16-9-10-21-33(44)45/h11-14,17-20,24,33,44-45H,6-10,15-16,21-23,25-26H2,1-5H3/q+1. The molecular weight excluding hydrogens is 568 g/mol. The van der Waals surface area contributed by atoms with Gasteiger partial charge in [0.25, 0.3) is 0 Å². The summed E-state index contributed by atoms with van der Waals surface area (Å²) in [6.45, 7) is 15.8. The van der Waals surface area contributed by atoms with Gasteiger partial charge in [0.1, 0.15) is 18.0 Å². The van der Waals surface area contributed by atoms with Crippen molar-refractivity contribution in [3.05, 3.63) is 75.8 Å². The van der Waals surface area contributed by atoms with Gasteiger partial charge in [0.2, 0.25) is 5.36 Å². The van der Waals surface area contributed by atoms with Crippen molar-refractivity contribution in [3.63, 3.8) is 0 Å². The van der Waals surface area contributed by atoms with Gasteiger partial charge in [0.15, 0.2) is 12.8 Å². The maximum absolute atomic E-state index is 9.31. The molecule has 0 bridgehead atoms. The molecule has 0 amide bonds. The third kappa shape index (κ3) is 5.20. The number of aliphatic hydroxyl groups excluding tert-OH is 1. The van der Waals surface area contributed by atoms with Gasteiger partial charge in [-0.3, -0.25) is 0 Å². The summed E-state index contributed by atoms with van der Waals surface area (Å²) in [7, 11) is 0. The molecule has 3 aliphatic rings. The molecular formula is C41H51N2O3+. The SMILES string of the molecule is CCCCCCN1CC(C)(C)c2c3c(c4ccccc4c21)C=c1c(c2c(c4ccccc14)=[N+](CCCCCC(O)O)CC2(C)C)O3. The zero-order valence-electron chi connectivity index (χ0n) is 28.5. The van der Waals surface area contributed by atoms with Crippen molar-refractivity contribution < 1.29 is 14.9 Å². The number of ether oxygens (including phenoxy) is 1. The number of hydrogen-bond acceptors (Lipinski definition) is 4. The number of unbranched alkanes of at least 4 members (excludes halogenated alkanes) is 5. The van der Waals surface area contributed by atoms with Gasteiger partial charge >= 0.3 is 0 Å². The van der Waals surface area contributed by atoms with Gasteiger partial charge in [0.05, 0.1) is 22.1 Å². The highest BCUT2D eigenvalue weighted by Gasteiger charge is 2.45. The second kappa shape index (κ2) is 12.0. The Hall–Kier alpha value is -3.41. The first-order valence-corrected chi connectivity index (χ1v) is 17.7. The van der Waals surface area contributed by atoms with Crippen LogP contribution >= 0.6 is 0 Å². The minimum atomic E-state index is -1.21. The van der Waals surface area contributed by atoms with E-state index >= 15 is 0 Å². The molecule has 3 heterocycles. The van der Waals surface area contributed by atoms with Crippen LogP contribution in [0.1, 0.15) is 103 Å². The molecule has 0 unspecified atom stereocenters. The molecule has 0 saturated carbocycles. The van der Waals surface area contributed by atoms with Crippen LogP contribution in [0.2, 0.25) is 0 Å². The van der Waals surface area contributed by atoms with Crippen molar-refractivity contribution in [2.24, 2.45) is 0 Å². The first-order chi connectivity index (χ1) is 22.1. The van der Waals surface area contributed by atoms with Gasteiger partial charge in [-0.05, 0) is 62.4 Å². The first-order valence-electron chi connectivity index (χ1n) is 17.7. The van der Waals surface area contributed by atoms with E-state index in [-0.39, 0.29) is 10.8 Å². The molecule has 0 spiro atoms. The summed E-state index contributed by atoms with van der Waals surface area (Å²) in [5, 5.41) is 26.3. The van der Waals surface area contributed by atoms with Gasteiger partial charge in [-0.1, -0.05) is 82.5 Å². The fraction of sp³-hybridized carbons (Fsp3) is 0.488. The Kier molecular flexibility index (Phi) is 8.13. The van der Waals surface area contributed by atoms with Crippen LogP contribution in [0.25, 0.3) is 27.6 Å². The van der Waals surface area contributed by atoms with Crippen molar-refractivity contribution in [2.75, 3.05) is 31.1 Å². The van der Waals surface area contributed by atoms with Crippen LogP contribution in [0.5, 0.6) is 11.5 Å². The zero-order valence-corrected chi connectivity index (χ0v) is 28.5. The van der Waals surface area contributed by atoms with Crippen LogP contribution < -0.4 is 24.8 Å². The first kappa shape index (κ1) is 31.2. The van der Waals surface area contributed by atoms with Crippen molar-refractivity contribution in [1.29, 1.82) is 0 Å². The lowest BCUT2D eigenvalue weighted by molar-refractivity contribution is -0.0465. The van der Waals surface area contributed by atoms with Crippen LogP contribution in [0.3, 0.4) is 0 Å². The minimum absolute atomic E-state index is 0.0384. The molecule has 2 N–H and O–H groups in total. The molecule has 0 aromatic heterocycles. The lowest BCUT2D eigenvalue weighted by Gasteiger charge is -2.28. The fourth-order valence-corrected chi connectivity index (χ4v) is 8.69. The van der Waals surface area contributed by atoms with Crippen LogP contribution in [0, 0.1) is 0 Å². The molecule has 0 fully saturated rings. The maximum atomic E-state index is 9.31. The van der Waals surface area contributed by atoms with Gasteiger partial charge in [-0.15, -0.1) is 0 Å². The van der Waals surface area contributed by atoms with Crippen LogP contribution in [-0.2, 0) is 10.8 Å². The number of anilines is 1. The van der Waals surface area contributed by atoms with E-state index < -0.39 is 6.29 Å². The fourth-order valence-electron chi connectivity index (χ4n) is 8.69. The van der Waals surface area contributed by atoms with E-state index in [0.29, 0.717) is 6.42 Å². The largest absolute Gasteiger partial charge is 0.455 e. The van der Waals surface area contributed by atoms with Crippen molar-refractivity contribution >= 4 is 33.3 Å². The maximum Gasteiger partial charge on any atom is 0.215 e. The summed E-state index contributed by atoms with van der Waals surface area (Å²) in [4.78, 5) is 2.65. The monoisotopic (exact) mass is 619 g/mol. The Balaban J connectivity index is 1.44. The van der Waals surface area contributed by atoms with E-state index in [1.807, 2.05) is 0 Å². The number of nitrogens with zero attached hydrogens (tertiary/aromatic N) is 2. The summed E-state index contributed by atoms with van der Waals surface area (Å²) >= 11 is 0. The molecule has 46 heavy (non-hydrogen) atoms. The van der Waals surface area contributed by atoms with Crippen LogP contribution in [-0.4, -0.2) is 42.7 Å². The van der Waals surface area contributed by atoms with Crippen molar-refractivity contribution in [1.82, 2.24) is 4.58 Å². The highest BCUT2D eigenvalue weighted by atomic mass is 16.5. The third-order valence-corrected chi connectivity index (χ3v) is 10.7. The summed E-state index contributed by atoms with van der Waals surface area (Å²) in [5.41, 5.74) is 5.15. The second-order valence-corrected chi connectivity index (χ2v) is 15.3. The van der Waals surface area contributed by atoms with Gasteiger partial charge in [-0.25, -0.2) is 4.58 Å².